The molecule has 1 unspecified atom stereocenters. The second kappa shape index (κ2) is 5.94. The van der Waals surface area contributed by atoms with E-state index in [-0.39, 0.29) is 16.7 Å². The third-order valence-electron chi connectivity index (χ3n) is 6.80. The van der Waals surface area contributed by atoms with Crippen molar-refractivity contribution in [3.63, 3.8) is 0 Å². The molecule has 1 atom stereocenters. The number of hydrogen-bond donors (Lipinski definition) is 2. The Balaban J connectivity index is 1.84. The van der Waals surface area contributed by atoms with Gasteiger partial charge in [0.15, 0.2) is 0 Å². The Morgan fingerprint density at radius 1 is 0.864 bits per heavy atom. The van der Waals surface area contributed by atoms with Crippen LogP contribution in [-0.4, -0.2) is 10.2 Å². The van der Waals surface area contributed by atoms with Crippen molar-refractivity contribution in [2.24, 2.45) is 16.7 Å². The fraction of sp³-hybridized carbons (Fsp3) is 0.800. The molecule has 0 amide bonds. The van der Waals surface area contributed by atoms with Crippen molar-refractivity contribution in [3.8, 4) is 0 Å². The molecule has 0 aliphatic heterocycles. The van der Waals surface area contributed by atoms with Crippen LogP contribution in [0.5, 0.6) is 0 Å². The molecule has 2 fully saturated rings. The maximum Gasteiger partial charge on any atom is 0.0968 e. The molecule has 124 valence electrons. The fourth-order valence-electron chi connectivity index (χ4n) is 5.18. The van der Waals surface area contributed by atoms with Crippen LogP contribution in [0, 0.1) is 16.7 Å². The van der Waals surface area contributed by atoms with Crippen molar-refractivity contribution in [3.05, 3.63) is 23.2 Å². The summed E-state index contributed by atoms with van der Waals surface area (Å²) < 4.78 is 0. The second-order valence-electron chi connectivity index (χ2n) is 8.52. The molecule has 0 spiro atoms. The van der Waals surface area contributed by atoms with Gasteiger partial charge in [-0.15, -0.1) is 0 Å². The molecule has 0 aromatic rings. The molecular formula is C20H32O2. The van der Waals surface area contributed by atoms with E-state index < -0.39 is 0 Å². The Labute approximate surface area is 135 Å². The van der Waals surface area contributed by atoms with E-state index in [9.17, 15) is 10.2 Å². The first-order valence-electron chi connectivity index (χ1n) is 9.28. The summed E-state index contributed by atoms with van der Waals surface area (Å²) in [6.07, 6.45) is 14.8. The molecule has 2 saturated carbocycles. The maximum atomic E-state index is 10.7. The van der Waals surface area contributed by atoms with Gasteiger partial charge in [0.25, 0.3) is 0 Å². The highest BCUT2D eigenvalue weighted by atomic mass is 16.3. The van der Waals surface area contributed by atoms with Gasteiger partial charge in [0.1, 0.15) is 0 Å². The number of allylic oxidation sites excluding steroid dienone is 4. The van der Waals surface area contributed by atoms with E-state index in [0.29, 0.717) is 17.9 Å². The van der Waals surface area contributed by atoms with E-state index in [2.05, 4.69) is 13.8 Å². The highest BCUT2D eigenvalue weighted by Crippen LogP contribution is 2.52. The average Bonchev–Trinajstić information content (AvgIpc) is 2.50. The van der Waals surface area contributed by atoms with E-state index in [1.165, 1.54) is 51.4 Å². The summed E-state index contributed by atoms with van der Waals surface area (Å²) >= 11 is 0. The number of hydrogen-bond acceptors (Lipinski definition) is 2. The number of rotatable bonds is 2. The lowest BCUT2D eigenvalue weighted by Gasteiger charge is -2.44. The molecule has 0 saturated heterocycles. The van der Waals surface area contributed by atoms with Gasteiger partial charge in [-0.05, 0) is 48.2 Å². The largest absolute Gasteiger partial charge is 0.512 e. The van der Waals surface area contributed by atoms with Gasteiger partial charge in [-0.1, -0.05) is 52.4 Å². The van der Waals surface area contributed by atoms with E-state index in [4.69, 9.17) is 0 Å². The van der Waals surface area contributed by atoms with Crippen molar-refractivity contribution in [2.45, 2.75) is 84.5 Å². The van der Waals surface area contributed by atoms with Crippen LogP contribution >= 0.6 is 0 Å². The second-order valence-corrected chi connectivity index (χ2v) is 8.52. The summed E-state index contributed by atoms with van der Waals surface area (Å²) in [5, 5.41) is 21.5. The first-order chi connectivity index (χ1) is 10.4. The molecule has 0 bridgehead atoms. The highest BCUT2D eigenvalue weighted by molar-refractivity contribution is 5.36. The van der Waals surface area contributed by atoms with E-state index in [1.807, 2.05) is 6.08 Å². The molecule has 0 heterocycles. The SMILES string of the molecule is CC1(C2=C(O)CC(C3(C)CCCCC3)C(O)=C2)CCCCC1. The lowest BCUT2D eigenvalue weighted by Crippen LogP contribution is -2.35. The van der Waals surface area contributed by atoms with E-state index >= 15 is 0 Å². The van der Waals surface area contributed by atoms with Gasteiger partial charge >= 0.3 is 0 Å². The standard InChI is InChI=1S/C20H32O2/c1-19(9-5-3-6-10-19)15-13-18(22)16(14-17(15)21)20(2)11-7-4-8-12-20/h13,16,21-22H,3-12,14H2,1-2H3. The zero-order valence-electron chi connectivity index (χ0n) is 14.3. The van der Waals surface area contributed by atoms with Crippen LogP contribution in [0.15, 0.2) is 23.2 Å². The Kier molecular flexibility index (Phi) is 4.31. The van der Waals surface area contributed by atoms with Crippen LogP contribution in [0.25, 0.3) is 0 Å². The summed E-state index contributed by atoms with van der Waals surface area (Å²) in [6, 6.07) is 0. The van der Waals surface area contributed by atoms with Gasteiger partial charge in [-0.2, -0.15) is 0 Å². The van der Waals surface area contributed by atoms with Gasteiger partial charge < -0.3 is 10.2 Å². The van der Waals surface area contributed by atoms with Gasteiger partial charge in [0.2, 0.25) is 0 Å². The minimum absolute atomic E-state index is 0.0642. The molecular weight excluding hydrogens is 272 g/mol. The molecule has 2 heteroatoms. The van der Waals surface area contributed by atoms with E-state index in [0.717, 1.165) is 18.4 Å². The zero-order chi connectivity index (χ0) is 15.8. The summed E-state index contributed by atoms with van der Waals surface area (Å²) in [7, 11) is 0. The Hall–Kier alpha value is -0.920. The molecule has 3 aliphatic rings. The average molecular weight is 304 g/mol. The predicted molar refractivity (Wildman–Crippen MR) is 90.9 cm³/mol. The first-order valence-corrected chi connectivity index (χ1v) is 9.28. The first kappa shape index (κ1) is 16.0. The molecule has 0 radical (unpaired) electrons. The van der Waals surface area contributed by atoms with Crippen molar-refractivity contribution in [1.29, 1.82) is 0 Å². The Morgan fingerprint density at radius 3 is 2.00 bits per heavy atom. The monoisotopic (exact) mass is 304 g/mol. The smallest absolute Gasteiger partial charge is 0.0968 e. The highest BCUT2D eigenvalue weighted by Gasteiger charge is 2.42. The quantitative estimate of drug-likeness (QED) is 0.637. The summed E-state index contributed by atoms with van der Waals surface area (Å²) in [5.41, 5.74) is 1.25. The minimum Gasteiger partial charge on any atom is -0.512 e. The normalized spacial score (nSPS) is 31.7. The molecule has 0 aromatic carbocycles. The fourth-order valence-corrected chi connectivity index (χ4v) is 5.18. The third kappa shape index (κ3) is 2.81. The van der Waals surface area contributed by atoms with Crippen molar-refractivity contribution in [2.75, 3.05) is 0 Å². The lowest BCUT2D eigenvalue weighted by atomic mass is 9.62. The molecule has 0 aromatic heterocycles. The minimum atomic E-state index is 0.0642. The lowest BCUT2D eigenvalue weighted by molar-refractivity contribution is 0.0928. The summed E-state index contributed by atoms with van der Waals surface area (Å²) in [6.45, 7) is 4.58. The van der Waals surface area contributed by atoms with Crippen molar-refractivity contribution < 1.29 is 10.2 Å². The van der Waals surface area contributed by atoms with Gasteiger partial charge in [0, 0.05) is 12.3 Å². The van der Waals surface area contributed by atoms with Crippen LogP contribution in [0.1, 0.15) is 84.5 Å². The van der Waals surface area contributed by atoms with Gasteiger partial charge in [0.05, 0.1) is 11.5 Å². The predicted octanol–water partition coefficient (Wildman–Crippen LogP) is 6.20. The molecule has 3 rings (SSSR count). The van der Waals surface area contributed by atoms with Crippen LogP contribution in [-0.2, 0) is 0 Å². The van der Waals surface area contributed by atoms with E-state index in [1.54, 1.807) is 0 Å². The topological polar surface area (TPSA) is 40.5 Å². The zero-order valence-corrected chi connectivity index (χ0v) is 14.3. The van der Waals surface area contributed by atoms with Crippen molar-refractivity contribution in [1.82, 2.24) is 0 Å². The Morgan fingerprint density at radius 2 is 1.41 bits per heavy atom. The van der Waals surface area contributed by atoms with Crippen LogP contribution < -0.4 is 0 Å². The van der Waals surface area contributed by atoms with Crippen LogP contribution in [0.4, 0.5) is 0 Å². The summed E-state index contributed by atoms with van der Waals surface area (Å²) in [5.74, 6) is 1.20. The molecule has 2 N–H and O–H groups in total. The van der Waals surface area contributed by atoms with Gasteiger partial charge in [-0.25, -0.2) is 0 Å². The molecule has 3 aliphatic carbocycles. The van der Waals surface area contributed by atoms with Gasteiger partial charge in [-0.3, -0.25) is 0 Å². The number of aliphatic hydroxyl groups is 2. The third-order valence-corrected chi connectivity index (χ3v) is 6.80. The molecule has 22 heavy (non-hydrogen) atoms. The van der Waals surface area contributed by atoms with Crippen molar-refractivity contribution >= 4 is 0 Å². The summed E-state index contributed by atoms with van der Waals surface area (Å²) in [4.78, 5) is 0. The number of aliphatic hydroxyl groups excluding tert-OH is 2. The maximum absolute atomic E-state index is 10.7. The van der Waals surface area contributed by atoms with Crippen LogP contribution in [0.2, 0.25) is 0 Å². The molecule has 2 nitrogen and oxygen atoms in total. The van der Waals surface area contributed by atoms with Crippen LogP contribution in [0.3, 0.4) is 0 Å². The Bertz CT molecular complexity index is 474.